The molecule has 0 bridgehead atoms. The predicted octanol–water partition coefficient (Wildman–Crippen LogP) is 4.80. The van der Waals surface area contributed by atoms with Crippen LogP contribution in [0.2, 0.25) is 0 Å². The highest BCUT2D eigenvalue weighted by atomic mass is 79.9. The van der Waals surface area contributed by atoms with Gasteiger partial charge in [0.15, 0.2) is 11.6 Å². The number of ether oxygens (including phenoxy) is 1. The van der Waals surface area contributed by atoms with E-state index in [9.17, 15) is 8.78 Å². The molecule has 2 N–H and O–H groups in total. The van der Waals surface area contributed by atoms with Crippen LogP contribution >= 0.6 is 15.9 Å². The second-order valence-electron chi connectivity index (χ2n) is 4.80. The van der Waals surface area contributed by atoms with Crippen molar-refractivity contribution in [3.63, 3.8) is 0 Å². The third-order valence-electron chi connectivity index (χ3n) is 3.16. The lowest BCUT2D eigenvalue weighted by Gasteiger charge is -2.12. The van der Waals surface area contributed by atoms with Crippen molar-refractivity contribution in [3.05, 3.63) is 58.1 Å². The molecule has 0 aliphatic carbocycles. The maximum absolute atomic E-state index is 13.1. The average molecular weight is 356 g/mol. The summed E-state index contributed by atoms with van der Waals surface area (Å²) in [6, 6.07) is 9.03. The summed E-state index contributed by atoms with van der Waals surface area (Å²) in [6.07, 6.45) is 1.67. The van der Waals surface area contributed by atoms with Gasteiger partial charge in [-0.15, -0.1) is 0 Å². The molecule has 0 spiro atoms. The number of benzene rings is 2. The zero-order valence-electron chi connectivity index (χ0n) is 11.6. The molecule has 0 aromatic heterocycles. The van der Waals surface area contributed by atoms with E-state index in [1.165, 1.54) is 6.07 Å². The van der Waals surface area contributed by atoms with Gasteiger partial charge in [0.25, 0.3) is 0 Å². The fourth-order valence-corrected chi connectivity index (χ4v) is 2.38. The molecule has 0 fully saturated rings. The van der Waals surface area contributed by atoms with Crippen LogP contribution in [0.15, 0.2) is 40.9 Å². The minimum atomic E-state index is -0.933. The van der Waals surface area contributed by atoms with Crippen LogP contribution in [0.5, 0.6) is 11.5 Å². The first kappa shape index (κ1) is 15.9. The van der Waals surface area contributed by atoms with Crippen molar-refractivity contribution < 1.29 is 13.5 Å². The highest BCUT2D eigenvalue weighted by Crippen LogP contribution is 2.28. The number of hydrogen-bond acceptors (Lipinski definition) is 2. The highest BCUT2D eigenvalue weighted by Gasteiger charge is 2.08. The van der Waals surface area contributed by atoms with Gasteiger partial charge in [0.05, 0.1) is 0 Å². The maximum atomic E-state index is 13.1. The Hall–Kier alpha value is -1.46. The predicted molar refractivity (Wildman–Crippen MR) is 82.5 cm³/mol. The molecule has 21 heavy (non-hydrogen) atoms. The Bertz CT molecular complexity index is 634. The second kappa shape index (κ2) is 7.00. The maximum Gasteiger partial charge on any atom is 0.162 e. The van der Waals surface area contributed by atoms with E-state index in [1.807, 2.05) is 13.0 Å². The van der Waals surface area contributed by atoms with Gasteiger partial charge in [-0.05, 0) is 42.7 Å². The lowest BCUT2D eigenvalue weighted by Crippen LogP contribution is -2.21. The van der Waals surface area contributed by atoms with Crippen LogP contribution in [0.25, 0.3) is 0 Å². The van der Waals surface area contributed by atoms with Gasteiger partial charge in [0, 0.05) is 16.6 Å². The Kier molecular flexibility index (Phi) is 5.31. The van der Waals surface area contributed by atoms with Crippen molar-refractivity contribution in [1.82, 2.24) is 0 Å². The van der Waals surface area contributed by atoms with E-state index >= 15 is 0 Å². The minimum absolute atomic E-state index is 0.110. The van der Waals surface area contributed by atoms with E-state index < -0.39 is 11.6 Å². The fourth-order valence-electron chi connectivity index (χ4n) is 1.86. The molecule has 2 aromatic carbocycles. The largest absolute Gasteiger partial charge is 0.457 e. The molecule has 2 aromatic rings. The van der Waals surface area contributed by atoms with Gasteiger partial charge >= 0.3 is 0 Å². The van der Waals surface area contributed by atoms with Gasteiger partial charge in [0.1, 0.15) is 11.5 Å². The van der Waals surface area contributed by atoms with E-state index in [2.05, 4.69) is 15.9 Å². The van der Waals surface area contributed by atoms with Gasteiger partial charge in [-0.3, -0.25) is 0 Å². The first-order valence-electron chi connectivity index (χ1n) is 6.66. The van der Waals surface area contributed by atoms with E-state index in [0.717, 1.165) is 35.0 Å². The molecule has 0 heterocycles. The van der Waals surface area contributed by atoms with Gasteiger partial charge in [-0.1, -0.05) is 28.9 Å². The lowest BCUT2D eigenvalue weighted by molar-refractivity contribution is 0.461. The van der Waals surface area contributed by atoms with Crippen LogP contribution in [0, 0.1) is 11.6 Å². The molecule has 0 saturated carbocycles. The molecular formula is C16H16BrF2NO. The highest BCUT2D eigenvalue weighted by molar-refractivity contribution is 9.10. The number of nitrogens with two attached hydrogens (primary N) is 1. The zero-order valence-corrected chi connectivity index (χ0v) is 13.2. The van der Waals surface area contributed by atoms with Crippen LogP contribution in [-0.2, 0) is 6.42 Å². The zero-order chi connectivity index (χ0) is 15.4. The summed E-state index contributed by atoms with van der Waals surface area (Å²) in [5.74, 6) is -1.04. The summed E-state index contributed by atoms with van der Waals surface area (Å²) in [7, 11) is 0. The van der Waals surface area contributed by atoms with E-state index in [1.54, 1.807) is 12.1 Å². The standard InChI is InChI=1S/C16H16BrF2NO/c1-2-11(20)7-10-3-4-12(8-14(10)17)21-13-5-6-15(18)16(19)9-13/h3-6,8-9,11H,2,7,20H2,1H3. The quantitative estimate of drug-likeness (QED) is 0.835. The van der Waals surface area contributed by atoms with Crippen LogP contribution in [0.1, 0.15) is 18.9 Å². The van der Waals surface area contributed by atoms with Crippen molar-refractivity contribution in [2.45, 2.75) is 25.8 Å². The Morgan fingerprint density at radius 1 is 1.10 bits per heavy atom. The van der Waals surface area contributed by atoms with Gasteiger partial charge in [-0.2, -0.15) is 0 Å². The summed E-state index contributed by atoms with van der Waals surface area (Å²) in [5.41, 5.74) is 7.02. The van der Waals surface area contributed by atoms with Crippen molar-refractivity contribution in [3.8, 4) is 11.5 Å². The van der Waals surface area contributed by atoms with Crippen molar-refractivity contribution in [1.29, 1.82) is 0 Å². The second-order valence-corrected chi connectivity index (χ2v) is 5.66. The Morgan fingerprint density at radius 2 is 1.76 bits per heavy atom. The number of hydrogen-bond donors (Lipinski definition) is 1. The average Bonchev–Trinajstić information content (AvgIpc) is 2.45. The summed E-state index contributed by atoms with van der Waals surface area (Å²) in [5, 5.41) is 0. The number of halogens is 3. The molecule has 5 heteroatoms. The summed E-state index contributed by atoms with van der Waals surface area (Å²) >= 11 is 3.47. The summed E-state index contributed by atoms with van der Waals surface area (Å²) in [6.45, 7) is 2.04. The molecule has 0 radical (unpaired) electrons. The topological polar surface area (TPSA) is 35.2 Å². The van der Waals surface area contributed by atoms with Crippen LogP contribution in [0.3, 0.4) is 0 Å². The Labute approximate surface area is 131 Å². The van der Waals surface area contributed by atoms with E-state index in [0.29, 0.717) is 5.75 Å². The normalized spacial score (nSPS) is 12.2. The van der Waals surface area contributed by atoms with E-state index in [4.69, 9.17) is 10.5 Å². The summed E-state index contributed by atoms with van der Waals surface area (Å²) < 4.78 is 32.4. The van der Waals surface area contributed by atoms with Gasteiger partial charge in [-0.25, -0.2) is 8.78 Å². The third kappa shape index (κ3) is 4.25. The molecule has 0 saturated heterocycles. The smallest absolute Gasteiger partial charge is 0.162 e. The summed E-state index contributed by atoms with van der Waals surface area (Å²) in [4.78, 5) is 0. The van der Waals surface area contributed by atoms with Crippen molar-refractivity contribution >= 4 is 15.9 Å². The fraction of sp³-hybridized carbons (Fsp3) is 0.250. The van der Waals surface area contributed by atoms with Gasteiger partial charge < -0.3 is 10.5 Å². The SMILES string of the molecule is CCC(N)Cc1ccc(Oc2ccc(F)c(F)c2)cc1Br. The van der Waals surface area contributed by atoms with Gasteiger partial charge in [0.2, 0.25) is 0 Å². The Morgan fingerprint density at radius 3 is 2.38 bits per heavy atom. The molecule has 0 aliphatic rings. The number of rotatable bonds is 5. The molecule has 1 unspecified atom stereocenters. The van der Waals surface area contributed by atoms with Crippen LogP contribution in [-0.4, -0.2) is 6.04 Å². The van der Waals surface area contributed by atoms with Crippen molar-refractivity contribution in [2.75, 3.05) is 0 Å². The van der Waals surface area contributed by atoms with E-state index in [-0.39, 0.29) is 11.8 Å². The van der Waals surface area contributed by atoms with Crippen molar-refractivity contribution in [2.24, 2.45) is 5.73 Å². The van der Waals surface area contributed by atoms with Crippen LogP contribution < -0.4 is 10.5 Å². The molecule has 1 atom stereocenters. The third-order valence-corrected chi connectivity index (χ3v) is 3.90. The molecule has 112 valence electrons. The first-order chi connectivity index (χ1) is 9.99. The molecule has 2 nitrogen and oxygen atoms in total. The molecule has 0 amide bonds. The van der Waals surface area contributed by atoms with Crippen LogP contribution in [0.4, 0.5) is 8.78 Å². The Balaban J connectivity index is 2.14. The lowest BCUT2D eigenvalue weighted by atomic mass is 10.0. The minimum Gasteiger partial charge on any atom is -0.457 e. The first-order valence-corrected chi connectivity index (χ1v) is 7.45. The molecular weight excluding hydrogens is 340 g/mol. The molecule has 2 rings (SSSR count). The monoisotopic (exact) mass is 355 g/mol. The molecule has 0 aliphatic heterocycles.